The Morgan fingerprint density at radius 2 is 1.93 bits per heavy atom. The van der Waals surface area contributed by atoms with Gasteiger partial charge in [0, 0.05) is 0 Å². The molecule has 2 amide bonds. The summed E-state index contributed by atoms with van der Waals surface area (Å²) in [6.07, 6.45) is 0. The van der Waals surface area contributed by atoms with Gasteiger partial charge in [0.15, 0.2) is 0 Å². The van der Waals surface area contributed by atoms with Crippen molar-refractivity contribution in [2.75, 3.05) is 11.7 Å². The zero-order valence-corrected chi connectivity index (χ0v) is 8.34. The topological polar surface area (TPSA) is 72.6 Å². The fourth-order valence-corrected chi connectivity index (χ4v) is 1.04. The largest absolute Gasteiger partial charge is 0.361 e. The molecular formula is C10H12N2O3. The van der Waals surface area contributed by atoms with Crippen molar-refractivity contribution in [3.8, 4) is 0 Å². The molecule has 5 nitrogen and oxygen atoms in total. The van der Waals surface area contributed by atoms with Gasteiger partial charge < -0.3 is 5.73 Å². The maximum absolute atomic E-state index is 11.4. The van der Waals surface area contributed by atoms with Crippen LogP contribution < -0.4 is 10.8 Å². The summed E-state index contributed by atoms with van der Waals surface area (Å²) < 4.78 is 0. The molecular weight excluding hydrogens is 196 g/mol. The summed E-state index contributed by atoms with van der Waals surface area (Å²) in [4.78, 5) is 27.1. The molecule has 0 aliphatic rings. The second-order valence-corrected chi connectivity index (χ2v) is 2.72. The fourth-order valence-electron chi connectivity index (χ4n) is 1.04. The standard InChI is InChI=1S/C10H12N2O3/c1-2-15-12(10(14)9(11)13)8-6-4-3-5-7-8/h3-7H,2H2,1H3,(H2,11,13). The van der Waals surface area contributed by atoms with Crippen LogP contribution in [0.4, 0.5) is 5.69 Å². The van der Waals surface area contributed by atoms with E-state index in [4.69, 9.17) is 10.6 Å². The Bertz CT molecular complexity index is 351. The van der Waals surface area contributed by atoms with Crippen LogP contribution in [0.25, 0.3) is 0 Å². The van der Waals surface area contributed by atoms with Crippen molar-refractivity contribution in [2.45, 2.75) is 6.92 Å². The minimum Gasteiger partial charge on any atom is -0.361 e. The molecule has 0 bridgehead atoms. The lowest BCUT2D eigenvalue weighted by Gasteiger charge is -2.19. The summed E-state index contributed by atoms with van der Waals surface area (Å²) in [5.74, 6) is -1.93. The zero-order valence-electron chi connectivity index (χ0n) is 8.34. The van der Waals surface area contributed by atoms with Gasteiger partial charge in [-0.2, -0.15) is 5.06 Å². The molecule has 0 radical (unpaired) electrons. The van der Waals surface area contributed by atoms with Gasteiger partial charge in [-0.25, -0.2) is 0 Å². The molecule has 0 aliphatic heterocycles. The smallest absolute Gasteiger partial charge is 0.339 e. The van der Waals surface area contributed by atoms with Crippen molar-refractivity contribution in [1.82, 2.24) is 0 Å². The molecule has 1 aromatic rings. The van der Waals surface area contributed by atoms with Crippen molar-refractivity contribution in [1.29, 1.82) is 0 Å². The van der Waals surface area contributed by atoms with Gasteiger partial charge in [0.25, 0.3) is 0 Å². The summed E-state index contributed by atoms with van der Waals surface area (Å²) in [7, 11) is 0. The molecule has 0 aliphatic carbocycles. The van der Waals surface area contributed by atoms with Crippen LogP contribution >= 0.6 is 0 Å². The third-order valence-corrected chi connectivity index (χ3v) is 1.64. The molecule has 80 valence electrons. The molecule has 1 aromatic carbocycles. The highest BCUT2D eigenvalue weighted by molar-refractivity contribution is 6.39. The number of amides is 2. The molecule has 2 N–H and O–H groups in total. The number of para-hydroxylation sites is 1. The summed E-state index contributed by atoms with van der Waals surface area (Å²) in [5, 5.41) is 0.891. The summed E-state index contributed by atoms with van der Waals surface area (Å²) in [6.45, 7) is 1.98. The van der Waals surface area contributed by atoms with Crippen molar-refractivity contribution >= 4 is 17.5 Å². The minimum atomic E-state index is -1.05. The molecule has 15 heavy (non-hydrogen) atoms. The Morgan fingerprint density at radius 1 is 1.33 bits per heavy atom. The second kappa shape index (κ2) is 5.11. The van der Waals surface area contributed by atoms with Gasteiger partial charge >= 0.3 is 11.8 Å². The monoisotopic (exact) mass is 208 g/mol. The Morgan fingerprint density at radius 3 is 2.40 bits per heavy atom. The van der Waals surface area contributed by atoms with Gasteiger partial charge in [0.1, 0.15) is 0 Å². The van der Waals surface area contributed by atoms with E-state index in [1.165, 1.54) is 0 Å². The average Bonchev–Trinajstić information content (AvgIpc) is 2.26. The first-order valence-electron chi connectivity index (χ1n) is 4.48. The average molecular weight is 208 g/mol. The van der Waals surface area contributed by atoms with Gasteiger partial charge in [0.2, 0.25) is 0 Å². The van der Waals surface area contributed by atoms with E-state index in [0.717, 1.165) is 5.06 Å². The fraction of sp³-hybridized carbons (Fsp3) is 0.200. The van der Waals surface area contributed by atoms with Crippen molar-refractivity contribution in [3.63, 3.8) is 0 Å². The van der Waals surface area contributed by atoms with Gasteiger partial charge in [0.05, 0.1) is 12.3 Å². The third-order valence-electron chi connectivity index (χ3n) is 1.64. The van der Waals surface area contributed by atoms with Crippen LogP contribution in [0.15, 0.2) is 30.3 Å². The maximum atomic E-state index is 11.4. The molecule has 0 aromatic heterocycles. The van der Waals surface area contributed by atoms with E-state index in [1.807, 2.05) is 0 Å². The number of hydroxylamine groups is 1. The Kier molecular flexibility index (Phi) is 3.82. The van der Waals surface area contributed by atoms with Gasteiger partial charge in [-0.1, -0.05) is 18.2 Å². The van der Waals surface area contributed by atoms with Crippen LogP contribution in [0.2, 0.25) is 0 Å². The van der Waals surface area contributed by atoms with E-state index in [9.17, 15) is 9.59 Å². The van der Waals surface area contributed by atoms with Gasteiger partial charge in [-0.3, -0.25) is 14.4 Å². The van der Waals surface area contributed by atoms with Crippen LogP contribution in [0.1, 0.15) is 6.92 Å². The lowest BCUT2D eigenvalue weighted by atomic mass is 10.3. The molecule has 0 saturated heterocycles. The molecule has 0 heterocycles. The van der Waals surface area contributed by atoms with Crippen LogP contribution in [0, 0.1) is 0 Å². The molecule has 0 atom stereocenters. The number of rotatable bonds is 3. The van der Waals surface area contributed by atoms with Crippen molar-refractivity contribution in [2.24, 2.45) is 5.73 Å². The number of carbonyl (C=O) groups excluding carboxylic acids is 2. The SMILES string of the molecule is CCON(C(=O)C(N)=O)c1ccccc1. The number of carbonyl (C=O) groups is 2. The van der Waals surface area contributed by atoms with E-state index in [2.05, 4.69) is 0 Å². The first-order valence-corrected chi connectivity index (χ1v) is 4.48. The third kappa shape index (κ3) is 2.78. The van der Waals surface area contributed by atoms with Gasteiger partial charge in [-0.05, 0) is 19.1 Å². The Balaban J connectivity index is 2.93. The van der Waals surface area contributed by atoms with E-state index < -0.39 is 11.8 Å². The lowest BCUT2D eigenvalue weighted by molar-refractivity contribution is -0.140. The highest BCUT2D eigenvalue weighted by atomic mass is 16.7. The molecule has 0 fully saturated rings. The van der Waals surface area contributed by atoms with Crippen LogP contribution in [-0.4, -0.2) is 18.4 Å². The number of benzene rings is 1. The number of hydrogen-bond acceptors (Lipinski definition) is 3. The maximum Gasteiger partial charge on any atom is 0.339 e. The Hall–Kier alpha value is -1.88. The summed E-state index contributed by atoms with van der Waals surface area (Å²) in [5.41, 5.74) is 5.37. The molecule has 0 unspecified atom stereocenters. The second-order valence-electron chi connectivity index (χ2n) is 2.72. The number of hydrogen-bond donors (Lipinski definition) is 1. The quantitative estimate of drug-likeness (QED) is 0.579. The van der Waals surface area contributed by atoms with E-state index in [-0.39, 0.29) is 6.61 Å². The molecule has 1 rings (SSSR count). The minimum absolute atomic E-state index is 0.272. The summed E-state index contributed by atoms with van der Waals surface area (Å²) >= 11 is 0. The number of anilines is 1. The van der Waals surface area contributed by atoms with E-state index in [1.54, 1.807) is 37.3 Å². The van der Waals surface area contributed by atoms with E-state index >= 15 is 0 Å². The highest BCUT2D eigenvalue weighted by Gasteiger charge is 2.21. The Labute approximate surface area is 87.4 Å². The number of nitrogens with zero attached hydrogens (tertiary/aromatic N) is 1. The van der Waals surface area contributed by atoms with E-state index in [0.29, 0.717) is 5.69 Å². The molecule has 0 saturated carbocycles. The normalized spacial score (nSPS) is 9.67. The zero-order chi connectivity index (χ0) is 11.3. The number of primary amides is 1. The molecule has 5 heteroatoms. The van der Waals surface area contributed by atoms with Crippen LogP contribution in [-0.2, 0) is 14.4 Å². The first kappa shape index (κ1) is 11.2. The number of nitrogens with two attached hydrogens (primary N) is 1. The van der Waals surface area contributed by atoms with Crippen molar-refractivity contribution in [3.05, 3.63) is 30.3 Å². The highest BCUT2D eigenvalue weighted by Crippen LogP contribution is 2.13. The predicted molar refractivity (Wildman–Crippen MR) is 54.7 cm³/mol. The van der Waals surface area contributed by atoms with Crippen LogP contribution in [0.5, 0.6) is 0 Å². The molecule has 0 spiro atoms. The first-order chi connectivity index (χ1) is 7.16. The van der Waals surface area contributed by atoms with Crippen molar-refractivity contribution < 1.29 is 14.4 Å². The van der Waals surface area contributed by atoms with Crippen LogP contribution in [0.3, 0.4) is 0 Å². The van der Waals surface area contributed by atoms with Gasteiger partial charge in [-0.15, -0.1) is 0 Å². The summed E-state index contributed by atoms with van der Waals surface area (Å²) in [6, 6.07) is 8.56. The lowest BCUT2D eigenvalue weighted by Crippen LogP contribution is -2.40. The predicted octanol–water partition coefficient (Wildman–Crippen LogP) is 0.456.